The summed E-state index contributed by atoms with van der Waals surface area (Å²) in [6.07, 6.45) is 0. The zero-order valence-corrected chi connectivity index (χ0v) is 18.6. The molecule has 8 heteroatoms. The number of ether oxygens (including phenoxy) is 1. The quantitative estimate of drug-likeness (QED) is 0.566. The summed E-state index contributed by atoms with van der Waals surface area (Å²) in [4.78, 5) is 15.1. The summed E-state index contributed by atoms with van der Waals surface area (Å²) in [5.74, 6) is 0.0913. The van der Waals surface area contributed by atoms with E-state index in [0.717, 1.165) is 26.3 Å². The van der Waals surface area contributed by atoms with Gasteiger partial charge in [-0.25, -0.2) is 0 Å². The third kappa shape index (κ3) is 5.00. The molecule has 1 atom stereocenters. The number of carbonyl (C=O) groups excluding carboxylic acids is 1. The number of morpholine rings is 1. The van der Waals surface area contributed by atoms with Gasteiger partial charge in [0.25, 0.3) is 0 Å². The Kier molecular flexibility index (Phi) is 6.66. The third-order valence-corrected chi connectivity index (χ3v) is 7.06. The van der Waals surface area contributed by atoms with E-state index in [9.17, 15) is 4.79 Å². The second-order valence-corrected chi connectivity index (χ2v) is 9.49. The van der Waals surface area contributed by atoms with Crippen LogP contribution in [0.25, 0.3) is 0 Å². The third-order valence-electron chi connectivity index (χ3n) is 4.90. The fourth-order valence-corrected chi connectivity index (χ4v) is 5.36. The van der Waals surface area contributed by atoms with E-state index >= 15 is 0 Å². The first-order valence-corrected chi connectivity index (χ1v) is 11.6. The molecule has 1 saturated heterocycles. The molecule has 156 valence electrons. The summed E-state index contributed by atoms with van der Waals surface area (Å²) in [6.45, 7) is 6.56. The highest BCUT2D eigenvalue weighted by Crippen LogP contribution is 2.39. The lowest BCUT2D eigenvalue weighted by molar-refractivity contribution is -0.134. The van der Waals surface area contributed by atoms with Gasteiger partial charge in [0.05, 0.1) is 13.2 Å². The Hall–Kier alpha value is -2.42. The lowest BCUT2D eigenvalue weighted by Crippen LogP contribution is -2.42. The van der Waals surface area contributed by atoms with Gasteiger partial charge >= 0.3 is 0 Å². The van der Waals surface area contributed by atoms with Crippen LogP contribution in [0.3, 0.4) is 0 Å². The monoisotopic (exact) mass is 440 g/mol. The smallest absolute Gasteiger partial charge is 0.240 e. The van der Waals surface area contributed by atoms with Gasteiger partial charge < -0.3 is 15.0 Å². The van der Waals surface area contributed by atoms with Crippen molar-refractivity contribution in [3.63, 3.8) is 0 Å². The molecule has 2 heterocycles. The van der Waals surface area contributed by atoms with Crippen LogP contribution in [-0.4, -0.2) is 47.3 Å². The van der Waals surface area contributed by atoms with Crippen LogP contribution in [0.5, 0.6) is 0 Å². The van der Waals surface area contributed by atoms with E-state index in [-0.39, 0.29) is 11.2 Å². The average Bonchev–Trinajstić information content (AvgIpc) is 3.22. The molecule has 0 spiro atoms. The second-order valence-electron chi connectivity index (χ2n) is 7.16. The van der Waals surface area contributed by atoms with Gasteiger partial charge in [0, 0.05) is 18.8 Å². The highest BCUT2D eigenvalue weighted by atomic mass is 32.2. The molecule has 1 N–H and O–H groups in total. The number of hydrogen-bond acceptors (Lipinski definition) is 7. The van der Waals surface area contributed by atoms with Crippen molar-refractivity contribution in [3.05, 3.63) is 65.2 Å². The van der Waals surface area contributed by atoms with Crippen LogP contribution in [0.1, 0.15) is 21.9 Å². The van der Waals surface area contributed by atoms with Crippen LogP contribution in [0.4, 0.5) is 10.8 Å². The van der Waals surface area contributed by atoms with Gasteiger partial charge in [0.2, 0.25) is 11.0 Å². The summed E-state index contributed by atoms with van der Waals surface area (Å²) in [6, 6.07) is 16.1. The number of anilines is 2. The van der Waals surface area contributed by atoms with E-state index in [1.165, 1.54) is 28.7 Å². The molecule has 0 bridgehead atoms. The Bertz CT molecular complexity index is 1000. The van der Waals surface area contributed by atoms with E-state index in [4.69, 9.17) is 4.74 Å². The number of nitrogens with one attached hydrogen (secondary N) is 1. The molecule has 6 nitrogen and oxygen atoms in total. The van der Waals surface area contributed by atoms with Crippen LogP contribution >= 0.6 is 23.1 Å². The summed E-state index contributed by atoms with van der Waals surface area (Å²) < 4.78 is 6.16. The van der Waals surface area contributed by atoms with E-state index in [1.54, 1.807) is 0 Å². The maximum Gasteiger partial charge on any atom is 0.240 e. The van der Waals surface area contributed by atoms with Crippen LogP contribution in [0, 0.1) is 13.8 Å². The second kappa shape index (κ2) is 9.59. The molecule has 1 amide bonds. The number of benzene rings is 2. The van der Waals surface area contributed by atoms with Gasteiger partial charge in [-0.3, -0.25) is 4.79 Å². The first-order valence-electron chi connectivity index (χ1n) is 9.86. The molecule has 30 heavy (non-hydrogen) atoms. The highest BCUT2D eigenvalue weighted by molar-refractivity contribution is 8.01. The van der Waals surface area contributed by atoms with Crippen LogP contribution in [-0.2, 0) is 9.53 Å². The van der Waals surface area contributed by atoms with E-state index in [1.807, 2.05) is 41.3 Å². The number of rotatable bonds is 6. The predicted octanol–water partition coefficient (Wildman–Crippen LogP) is 4.59. The van der Waals surface area contributed by atoms with Gasteiger partial charge in [-0.05, 0) is 31.0 Å². The van der Waals surface area contributed by atoms with Crippen molar-refractivity contribution in [1.29, 1.82) is 0 Å². The molecule has 1 aliphatic heterocycles. The topological polar surface area (TPSA) is 67.4 Å². The Labute approximate surface area is 184 Å². The van der Waals surface area contributed by atoms with Gasteiger partial charge in [-0.15, -0.1) is 10.2 Å². The van der Waals surface area contributed by atoms with Crippen molar-refractivity contribution in [2.24, 2.45) is 0 Å². The fourth-order valence-electron chi connectivity index (χ4n) is 3.32. The highest BCUT2D eigenvalue weighted by Gasteiger charge is 2.29. The zero-order valence-electron chi connectivity index (χ0n) is 17.0. The lowest BCUT2D eigenvalue weighted by atomic mass is 10.1. The molecule has 1 unspecified atom stereocenters. The van der Waals surface area contributed by atoms with Crippen molar-refractivity contribution in [2.45, 2.75) is 23.4 Å². The summed E-state index contributed by atoms with van der Waals surface area (Å²) >= 11 is 2.92. The molecular formula is C22H24N4O2S2. The molecule has 1 aliphatic rings. The molecular weight excluding hydrogens is 416 g/mol. The predicted molar refractivity (Wildman–Crippen MR) is 122 cm³/mol. The fraction of sp³-hybridized carbons (Fsp3) is 0.318. The van der Waals surface area contributed by atoms with E-state index in [0.29, 0.717) is 26.3 Å². The van der Waals surface area contributed by atoms with Crippen LogP contribution < -0.4 is 5.32 Å². The Balaban J connectivity index is 1.52. The lowest BCUT2D eigenvalue weighted by Gasteiger charge is -2.30. The minimum Gasteiger partial charge on any atom is -0.378 e. The van der Waals surface area contributed by atoms with Crippen molar-refractivity contribution >= 4 is 39.8 Å². The summed E-state index contributed by atoms with van der Waals surface area (Å²) in [7, 11) is 0. The average molecular weight is 441 g/mol. The first-order chi connectivity index (χ1) is 14.6. The Morgan fingerprint density at radius 3 is 2.63 bits per heavy atom. The van der Waals surface area contributed by atoms with Crippen molar-refractivity contribution in [1.82, 2.24) is 15.1 Å². The zero-order chi connectivity index (χ0) is 20.9. The largest absolute Gasteiger partial charge is 0.378 e. The number of amides is 1. The SMILES string of the molecule is Cc1ccc(Nc2nnc(SC(C(=O)N3CCOCC3)c3ccccc3)s2)c(C)c1. The molecule has 3 aromatic rings. The van der Waals surface area contributed by atoms with Crippen molar-refractivity contribution in [2.75, 3.05) is 31.6 Å². The van der Waals surface area contributed by atoms with Gasteiger partial charge in [0.15, 0.2) is 4.34 Å². The van der Waals surface area contributed by atoms with Crippen molar-refractivity contribution in [3.8, 4) is 0 Å². The summed E-state index contributed by atoms with van der Waals surface area (Å²) in [5.41, 5.74) is 4.36. The number of carbonyl (C=O) groups is 1. The van der Waals surface area contributed by atoms with Crippen LogP contribution in [0.2, 0.25) is 0 Å². The number of nitrogens with zero attached hydrogens (tertiary/aromatic N) is 3. The van der Waals surface area contributed by atoms with Gasteiger partial charge in [-0.1, -0.05) is 71.1 Å². The first kappa shape index (κ1) is 20.8. The Morgan fingerprint density at radius 1 is 1.13 bits per heavy atom. The molecule has 0 saturated carbocycles. The van der Waals surface area contributed by atoms with Crippen LogP contribution in [0.15, 0.2) is 52.9 Å². The standard InChI is InChI=1S/C22H24N4O2S2/c1-15-8-9-18(16(2)14-15)23-21-24-25-22(30-21)29-19(17-6-4-3-5-7-17)20(27)26-10-12-28-13-11-26/h3-9,14,19H,10-13H2,1-2H3,(H,23,24). The molecule has 1 aromatic heterocycles. The van der Waals surface area contributed by atoms with Crippen molar-refractivity contribution < 1.29 is 9.53 Å². The maximum atomic E-state index is 13.3. The number of thioether (sulfide) groups is 1. The Morgan fingerprint density at radius 2 is 1.90 bits per heavy atom. The minimum absolute atomic E-state index is 0.0913. The van der Waals surface area contributed by atoms with Gasteiger partial charge in [-0.2, -0.15) is 0 Å². The minimum atomic E-state index is -0.355. The van der Waals surface area contributed by atoms with E-state index < -0.39 is 0 Å². The molecule has 1 fully saturated rings. The maximum absolute atomic E-state index is 13.3. The molecule has 0 aliphatic carbocycles. The number of hydrogen-bond donors (Lipinski definition) is 1. The normalized spacial score (nSPS) is 15.1. The molecule has 0 radical (unpaired) electrons. The molecule has 2 aromatic carbocycles. The molecule has 4 rings (SSSR count). The number of aryl methyl sites for hydroxylation is 2. The summed E-state index contributed by atoms with van der Waals surface area (Å²) in [5, 5.41) is 12.3. The van der Waals surface area contributed by atoms with Gasteiger partial charge in [0.1, 0.15) is 5.25 Å². The van der Waals surface area contributed by atoms with E-state index in [2.05, 4.69) is 41.5 Å². The number of aromatic nitrogens is 2.